The fraction of sp³-hybridized carbons (Fsp3) is 0.0233. The molecule has 9 rings (SSSR count). The van der Waals surface area contributed by atoms with E-state index in [9.17, 15) is 0 Å². The van der Waals surface area contributed by atoms with Crippen LogP contribution in [0, 0.1) is 0 Å². The van der Waals surface area contributed by atoms with Gasteiger partial charge in [-0.05, 0) is 87.8 Å². The maximum atomic E-state index is 6.36. The normalized spacial score (nSPS) is 11.9. The summed E-state index contributed by atoms with van der Waals surface area (Å²) >= 11 is 0. The topological polar surface area (TPSA) is 16.4 Å². The van der Waals surface area contributed by atoms with Crippen LogP contribution >= 0.6 is 0 Å². The molecule has 0 radical (unpaired) electrons. The molecule has 1 heterocycles. The van der Waals surface area contributed by atoms with E-state index in [-0.39, 0.29) is 0 Å². The van der Waals surface area contributed by atoms with Crippen molar-refractivity contribution in [3.8, 4) is 33.4 Å². The molecule has 7 aromatic carbocycles. The van der Waals surface area contributed by atoms with E-state index in [4.69, 9.17) is 4.42 Å². The number of hydrogen-bond donors (Lipinski definition) is 0. The Labute approximate surface area is 262 Å². The molecule has 1 aromatic heterocycles. The van der Waals surface area contributed by atoms with Gasteiger partial charge in [0.15, 0.2) is 0 Å². The summed E-state index contributed by atoms with van der Waals surface area (Å²) in [6.45, 7) is 0. The second-order valence-electron chi connectivity index (χ2n) is 11.8. The molecule has 0 unspecified atom stereocenters. The predicted molar refractivity (Wildman–Crippen MR) is 188 cm³/mol. The maximum Gasteiger partial charge on any atom is 0.143 e. The first-order valence-corrected chi connectivity index (χ1v) is 15.5. The molecule has 8 aromatic rings. The van der Waals surface area contributed by atoms with Gasteiger partial charge in [-0.25, -0.2) is 0 Å². The number of para-hydroxylation sites is 2. The summed E-state index contributed by atoms with van der Waals surface area (Å²) in [5, 5.41) is 2.29. The Kier molecular flexibility index (Phi) is 5.92. The summed E-state index contributed by atoms with van der Waals surface area (Å²) < 4.78 is 6.36. The van der Waals surface area contributed by atoms with Crippen molar-refractivity contribution in [3.05, 3.63) is 175 Å². The third-order valence-electron chi connectivity index (χ3n) is 9.11. The van der Waals surface area contributed by atoms with Gasteiger partial charge in [-0.2, -0.15) is 0 Å². The van der Waals surface area contributed by atoms with E-state index in [2.05, 4.69) is 157 Å². The standard InChI is InChI=1S/C43H29NO/c1-2-9-29(10-3-1)30-17-21-34(22-18-30)44(36-25-26-38-33(28-36)27-32-11-4-5-12-37(32)38)35-23-19-31(20-24-35)39-14-8-15-41-40-13-6-7-16-42(40)45-43(39)41/h1-26,28H,27H2. The van der Waals surface area contributed by atoms with Gasteiger partial charge in [0.25, 0.3) is 0 Å². The van der Waals surface area contributed by atoms with Gasteiger partial charge in [0, 0.05) is 33.4 Å². The molecule has 0 saturated heterocycles. The monoisotopic (exact) mass is 575 g/mol. The SMILES string of the molecule is c1ccc(-c2ccc(N(c3ccc(-c4cccc5c4oc4ccccc45)cc3)c3ccc4c(c3)Cc3ccccc3-4)cc2)cc1. The van der Waals surface area contributed by atoms with Crippen molar-refractivity contribution in [1.29, 1.82) is 0 Å². The van der Waals surface area contributed by atoms with Crippen LogP contribution in [0.1, 0.15) is 11.1 Å². The summed E-state index contributed by atoms with van der Waals surface area (Å²) in [7, 11) is 0. The number of nitrogens with zero attached hydrogens (tertiary/aromatic N) is 1. The molecule has 0 bridgehead atoms. The minimum atomic E-state index is 0.917. The third kappa shape index (κ3) is 4.34. The van der Waals surface area contributed by atoms with Gasteiger partial charge in [-0.1, -0.05) is 121 Å². The minimum Gasteiger partial charge on any atom is -0.455 e. The van der Waals surface area contributed by atoms with Crippen molar-refractivity contribution in [2.45, 2.75) is 6.42 Å². The predicted octanol–water partition coefficient (Wildman–Crippen LogP) is 12.0. The van der Waals surface area contributed by atoms with Crippen molar-refractivity contribution in [1.82, 2.24) is 0 Å². The zero-order valence-corrected chi connectivity index (χ0v) is 24.7. The van der Waals surface area contributed by atoms with E-state index in [0.29, 0.717) is 0 Å². The second-order valence-corrected chi connectivity index (χ2v) is 11.8. The quantitative estimate of drug-likeness (QED) is 0.203. The largest absolute Gasteiger partial charge is 0.455 e. The Morgan fingerprint density at radius 1 is 0.400 bits per heavy atom. The summed E-state index contributed by atoms with van der Waals surface area (Å²) in [6, 6.07) is 58.7. The molecule has 212 valence electrons. The molecule has 0 spiro atoms. The van der Waals surface area contributed by atoms with E-state index in [1.165, 1.54) is 33.4 Å². The molecule has 0 atom stereocenters. The van der Waals surface area contributed by atoms with Crippen LogP contribution < -0.4 is 4.90 Å². The summed E-state index contributed by atoms with van der Waals surface area (Å²) in [4.78, 5) is 2.36. The Morgan fingerprint density at radius 2 is 1.00 bits per heavy atom. The van der Waals surface area contributed by atoms with Crippen molar-refractivity contribution in [3.63, 3.8) is 0 Å². The van der Waals surface area contributed by atoms with E-state index in [1.807, 2.05) is 12.1 Å². The molecule has 0 amide bonds. The van der Waals surface area contributed by atoms with Crippen molar-refractivity contribution in [2.24, 2.45) is 0 Å². The Bertz CT molecular complexity index is 2330. The zero-order chi connectivity index (χ0) is 29.7. The first-order chi connectivity index (χ1) is 22.3. The average molecular weight is 576 g/mol. The minimum absolute atomic E-state index is 0.917. The van der Waals surface area contributed by atoms with Crippen molar-refractivity contribution >= 4 is 39.0 Å². The summed E-state index contributed by atoms with van der Waals surface area (Å²) in [5.74, 6) is 0. The molecule has 0 aliphatic heterocycles. The molecule has 1 aliphatic rings. The highest BCUT2D eigenvalue weighted by molar-refractivity contribution is 6.09. The number of rotatable bonds is 5. The van der Waals surface area contributed by atoms with Crippen molar-refractivity contribution in [2.75, 3.05) is 4.90 Å². The van der Waals surface area contributed by atoms with Crippen LogP contribution in [-0.2, 0) is 6.42 Å². The highest BCUT2D eigenvalue weighted by Gasteiger charge is 2.21. The van der Waals surface area contributed by atoms with Crippen LogP contribution in [0.4, 0.5) is 17.1 Å². The molecule has 0 saturated carbocycles. The van der Waals surface area contributed by atoms with Gasteiger partial charge in [-0.15, -0.1) is 0 Å². The van der Waals surface area contributed by atoms with Gasteiger partial charge in [-0.3, -0.25) is 0 Å². The lowest BCUT2D eigenvalue weighted by Crippen LogP contribution is -2.10. The number of fused-ring (bicyclic) bond motifs is 6. The Morgan fingerprint density at radius 3 is 1.82 bits per heavy atom. The Hall–Kier alpha value is -5.86. The van der Waals surface area contributed by atoms with Gasteiger partial charge in [0.2, 0.25) is 0 Å². The van der Waals surface area contributed by atoms with Gasteiger partial charge < -0.3 is 9.32 Å². The highest BCUT2D eigenvalue weighted by Crippen LogP contribution is 2.43. The summed E-state index contributed by atoms with van der Waals surface area (Å²) in [6.07, 6.45) is 0.959. The van der Waals surface area contributed by atoms with Crippen LogP contribution in [0.2, 0.25) is 0 Å². The van der Waals surface area contributed by atoms with Crippen LogP contribution in [-0.4, -0.2) is 0 Å². The molecule has 2 heteroatoms. The molecule has 45 heavy (non-hydrogen) atoms. The fourth-order valence-corrected chi connectivity index (χ4v) is 6.92. The molecular formula is C43H29NO. The summed E-state index contributed by atoms with van der Waals surface area (Å²) in [5.41, 5.74) is 15.3. The van der Waals surface area contributed by atoms with Crippen LogP contribution in [0.25, 0.3) is 55.3 Å². The first kappa shape index (κ1) is 25.6. The van der Waals surface area contributed by atoms with Gasteiger partial charge in [0.05, 0.1) is 0 Å². The third-order valence-corrected chi connectivity index (χ3v) is 9.11. The average Bonchev–Trinajstić information content (AvgIpc) is 3.68. The Balaban J connectivity index is 1.14. The molecule has 1 aliphatic carbocycles. The maximum absolute atomic E-state index is 6.36. The van der Waals surface area contributed by atoms with Crippen LogP contribution in [0.3, 0.4) is 0 Å². The lowest BCUT2D eigenvalue weighted by molar-refractivity contribution is 0.670. The van der Waals surface area contributed by atoms with Crippen molar-refractivity contribution < 1.29 is 4.42 Å². The molecule has 0 fully saturated rings. The van der Waals surface area contributed by atoms with Crippen LogP contribution in [0.5, 0.6) is 0 Å². The zero-order valence-electron chi connectivity index (χ0n) is 24.7. The van der Waals surface area contributed by atoms with Gasteiger partial charge >= 0.3 is 0 Å². The van der Waals surface area contributed by atoms with E-state index >= 15 is 0 Å². The second kappa shape index (κ2) is 10.4. The fourth-order valence-electron chi connectivity index (χ4n) is 6.92. The molecular weight excluding hydrogens is 546 g/mol. The number of benzene rings is 7. The number of furan rings is 1. The lowest BCUT2D eigenvalue weighted by Gasteiger charge is -2.26. The first-order valence-electron chi connectivity index (χ1n) is 15.5. The lowest BCUT2D eigenvalue weighted by atomic mass is 10.0. The van der Waals surface area contributed by atoms with Gasteiger partial charge in [0.1, 0.15) is 11.2 Å². The van der Waals surface area contributed by atoms with E-state index in [0.717, 1.165) is 56.5 Å². The number of anilines is 3. The molecule has 0 N–H and O–H groups in total. The van der Waals surface area contributed by atoms with Crippen LogP contribution in [0.15, 0.2) is 168 Å². The smallest absolute Gasteiger partial charge is 0.143 e. The number of hydrogen-bond acceptors (Lipinski definition) is 2. The molecule has 2 nitrogen and oxygen atoms in total. The van der Waals surface area contributed by atoms with E-state index in [1.54, 1.807) is 0 Å². The van der Waals surface area contributed by atoms with E-state index < -0.39 is 0 Å². The highest BCUT2D eigenvalue weighted by atomic mass is 16.3.